The van der Waals surface area contributed by atoms with Crippen molar-refractivity contribution in [1.82, 2.24) is 5.32 Å². The summed E-state index contributed by atoms with van der Waals surface area (Å²) in [5.74, 6) is 0. The second kappa shape index (κ2) is 8.57. The van der Waals surface area contributed by atoms with E-state index in [1.54, 1.807) is 0 Å². The zero-order valence-electron chi connectivity index (χ0n) is 12.9. The second-order valence-corrected chi connectivity index (χ2v) is 7.03. The Labute approximate surface area is 137 Å². The highest BCUT2D eigenvalue weighted by molar-refractivity contribution is 7.11. The third kappa shape index (κ3) is 5.14. The molecular formula is C18H24ClNS. The predicted molar refractivity (Wildman–Crippen MR) is 94.6 cm³/mol. The molecule has 2 aromatic rings. The van der Waals surface area contributed by atoms with Crippen LogP contribution in [0.2, 0.25) is 5.02 Å². The largest absolute Gasteiger partial charge is 0.313 e. The Morgan fingerprint density at radius 2 is 1.81 bits per heavy atom. The molecule has 1 nitrogen and oxygen atoms in total. The first-order chi connectivity index (χ1) is 10.2. The predicted octanol–water partition coefficient (Wildman–Crippen LogP) is 5.12. The summed E-state index contributed by atoms with van der Waals surface area (Å²) in [6.07, 6.45) is 4.35. The van der Waals surface area contributed by atoms with Gasteiger partial charge in [0.05, 0.1) is 0 Å². The van der Waals surface area contributed by atoms with Crippen molar-refractivity contribution in [2.75, 3.05) is 6.54 Å². The molecule has 1 unspecified atom stereocenters. The number of hydrogen-bond donors (Lipinski definition) is 1. The van der Waals surface area contributed by atoms with Gasteiger partial charge in [0.15, 0.2) is 0 Å². The Bertz CT molecular complexity index is 550. The van der Waals surface area contributed by atoms with E-state index in [2.05, 4.69) is 43.4 Å². The average molecular weight is 322 g/mol. The summed E-state index contributed by atoms with van der Waals surface area (Å²) in [6, 6.07) is 13.2. The first-order valence-electron chi connectivity index (χ1n) is 7.77. The van der Waals surface area contributed by atoms with Crippen LogP contribution in [0.3, 0.4) is 0 Å². The maximum Gasteiger partial charge on any atom is 0.0438 e. The Kier molecular flexibility index (Phi) is 6.75. The van der Waals surface area contributed by atoms with E-state index in [1.165, 1.54) is 15.3 Å². The van der Waals surface area contributed by atoms with Gasteiger partial charge in [0.2, 0.25) is 0 Å². The molecule has 1 N–H and O–H groups in total. The van der Waals surface area contributed by atoms with Crippen LogP contribution in [0.5, 0.6) is 0 Å². The molecule has 1 atom stereocenters. The fourth-order valence-electron chi connectivity index (χ4n) is 2.46. The van der Waals surface area contributed by atoms with Gasteiger partial charge >= 0.3 is 0 Å². The van der Waals surface area contributed by atoms with Crippen molar-refractivity contribution in [2.45, 2.75) is 45.6 Å². The molecule has 0 radical (unpaired) electrons. The number of aryl methyl sites for hydroxylation is 1. The highest BCUT2D eigenvalue weighted by atomic mass is 35.5. The smallest absolute Gasteiger partial charge is 0.0438 e. The van der Waals surface area contributed by atoms with E-state index in [0.29, 0.717) is 6.04 Å². The summed E-state index contributed by atoms with van der Waals surface area (Å²) in [6.45, 7) is 5.48. The Morgan fingerprint density at radius 1 is 1.05 bits per heavy atom. The summed E-state index contributed by atoms with van der Waals surface area (Å²) in [5.41, 5.74) is 1.24. The third-order valence-corrected chi connectivity index (χ3v) is 5.24. The Balaban J connectivity index is 2.05. The van der Waals surface area contributed by atoms with Crippen molar-refractivity contribution in [3.63, 3.8) is 0 Å². The van der Waals surface area contributed by atoms with Crippen LogP contribution in [0.15, 0.2) is 36.4 Å². The summed E-state index contributed by atoms with van der Waals surface area (Å²) in [4.78, 5) is 2.93. The molecule has 21 heavy (non-hydrogen) atoms. The number of halogens is 1. The number of benzene rings is 1. The van der Waals surface area contributed by atoms with Crippen LogP contribution in [-0.4, -0.2) is 12.6 Å². The highest BCUT2D eigenvalue weighted by Crippen LogP contribution is 2.22. The summed E-state index contributed by atoms with van der Waals surface area (Å²) >= 11 is 8.24. The van der Waals surface area contributed by atoms with Crippen LogP contribution in [0, 0.1) is 0 Å². The standard InChI is InChI=1S/C18H24ClNS/c1-3-11-20-15(12-14-7-5-6-8-18(14)19)13-17-10-9-16(4-2)21-17/h5-10,15,20H,3-4,11-13H2,1-2H3. The van der Waals surface area contributed by atoms with Crippen molar-refractivity contribution >= 4 is 22.9 Å². The molecular weight excluding hydrogens is 298 g/mol. The number of nitrogens with one attached hydrogen (secondary N) is 1. The van der Waals surface area contributed by atoms with Crippen LogP contribution in [0.4, 0.5) is 0 Å². The topological polar surface area (TPSA) is 12.0 Å². The molecule has 2 rings (SSSR count). The van der Waals surface area contributed by atoms with Gasteiger partial charge in [0.1, 0.15) is 0 Å². The number of rotatable bonds is 8. The van der Waals surface area contributed by atoms with Gasteiger partial charge in [0.25, 0.3) is 0 Å². The minimum atomic E-state index is 0.452. The lowest BCUT2D eigenvalue weighted by Gasteiger charge is -2.18. The summed E-state index contributed by atoms with van der Waals surface area (Å²) < 4.78 is 0. The molecule has 0 spiro atoms. The van der Waals surface area contributed by atoms with Gasteiger partial charge in [-0.25, -0.2) is 0 Å². The monoisotopic (exact) mass is 321 g/mol. The first-order valence-corrected chi connectivity index (χ1v) is 8.96. The maximum atomic E-state index is 6.31. The van der Waals surface area contributed by atoms with Crippen molar-refractivity contribution < 1.29 is 0 Å². The first kappa shape index (κ1) is 16.5. The second-order valence-electron chi connectivity index (χ2n) is 5.37. The maximum absolute atomic E-state index is 6.31. The molecule has 0 saturated heterocycles. The Morgan fingerprint density at radius 3 is 2.48 bits per heavy atom. The van der Waals surface area contributed by atoms with E-state index in [9.17, 15) is 0 Å². The minimum absolute atomic E-state index is 0.452. The summed E-state index contributed by atoms with van der Waals surface area (Å²) in [7, 11) is 0. The van der Waals surface area contributed by atoms with E-state index in [4.69, 9.17) is 11.6 Å². The van der Waals surface area contributed by atoms with Gasteiger partial charge in [-0.15, -0.1) is 11.3 Å². The van der Waals surface area contributed by atoms with Crippen LogP contribution >= 0.6 is 22.9 Å². The molecule has 0 bridgehead atoms. The molecule has 114 valence electrons. The molecule has 0 amide bonds. The molecule has 1 aromatic carbocycles. The van der Waals surface area contributed by atoms with Gasteiger partial charge in [-0.2, -0.15) is 0 Å². The van der Waals surface area contributed by atoms with Gasteiger partial charge in [-0.1, -0.05) is 43.6 Å². The summed E-state index contributed by atoms with van der Waals surface area (Å²) in [5, 5.41) is 4.55. The van der Waals surface area contributed by atoms with E-state index < -0.39 is 0 Å². The van der Waals surface area contributed by atoms with Crippen LogP contribution in [-0.2, 0) is 19.3 Å². The Hall–Kier alpha value is -0.830. The van der Waals surface area contributed by atoms with Crippen LogP contribution in [0.25, 0.3) is 0 Å². The quantitative estimate of drug-likeness (QED) is 0.711. The molecule has 3 heteroatoms. The lowest BCUT2D eigenvalue weighted by Crippen LogP contribution is -2.33. The van der Waals surface area contributed by atoms with Gasteiger partial charge in [0, 0.05) is 20.8 Å². The van der Waals surface area contributed by atoms with Crippen LogP contribution in [0.1, 0.15) is 35.6 Å². The van der Waals surface area contributed by atoms with Crippen molar-refractivity contribution in [2.24, 2.45) is 0 Å². The molecule has 1 heterocycles. The lowest BCUT2D eigenvalue weighted by atomic mass is 10.0. The molecule has 0 saturated carbocycles. The lowest BCUT2D eigenvalue weighted by molar-refractivity contribution is 0.507. The van der Waals surface area contributed by atoms with E-state index >= 15 is 0 Å². The molecule has 0 aliphatic heterocycles. The zero-order valence-corrected chi connectivity index (χ0v) is 14.4. The fraction of sp³-hybridized carbons (Fsp3) is 0.444. The normalized spacial score (nSPS) is 12.5. The number of hydrogen-bond acceptors (Lipinski definition) is 2. The molecule has 0 aliphatic carbocycles. The van der Waals surface area contributed by atoms with E-state index in [-0.39, 0.29) is 0 Å². The van der Waals surface area contributed by atoms with Crippen molar-refractivity contribution in [3.8, 4) is 0 Å². The molecule has 0 aliphatic rings. The SMILES string of the molecule is CCCNC(Cc1ccc(CC)s1)Cc1ccccc1Cl. The van der Waals surface area contributed by atoms with Crippen molar-refractivity contribution in [1.29, 1.82) is 0 Å². The molecule has 0 fully saturated rings. The van der Waals surface area contributed by atoms with Crippen LogP contribution < -0.4 is 5.32 Å². The zero-order chi connectivity index (χ0) is 15.1. The van der Waals surface area contributed by atoms with Crippen molar-refractivity contribution in [3.05, 3.63) is 56.7 Å². The van der Waals surface area contributed by atoms with Gasteiger partial charge < -0.3 is 5.32 Å². The molecule has 1 aromatic heterocycles. The number of thiophene rings is 1. The van der Waals surface area contributed by atoms with Gasteiger partial charge in [-0.05, 0) is 56.0 Å². The average Bonchev–Trinajstić information content (AvgIpc) is 2.94. The third-order valence-electron chi connectivity index (χ3n) is 3.62. The van der Waals surface area contributed by atoms with E-state index in [1.807, 2.05) is 23.5 Å². The fourth-order valence-corrected chi connectivity index (χ4v) is 3.71. The minimum Gasteiger partial charge on any atom is -0.313 e. The van der Waals surface area contributed by atoms with Gasteiger partial charge in [-0.3, -0.25) is 0 Å². The highest BCUT2D eigenvalue weighted by Gasteiger charge is 2.13. The van der Waals surface area contributed by atoms with E-state index in [0.717, 1.165) is 37.3 Å².